The van der Waals surface area contributed by atoms with Crippen molar-refractivity contribution in [2.75, 3.05) is 0 Å². The molecule has 0 saturated heterocycles. The van der Waals surface area contributed by atoms with Crippen LogP contribution in [0.25, 0.3) is 17.0 Å². The molecule has 0 aliphatic carbocycles. The Morgan fingerprint density at radius 1 is 1.18 bits per heavy atom. The van der Waals surface area contributed by atoms with Gasteiger partial charge < -0.3 is 15.2 Å². The third-order valence-corrected chi connectivity index (χ3v) is 2.30. The van der Waals surface area contributed by atoms with Gasteiger partial charge in [0, 0.05) is 17.0 Å². The van der Waals surface area contributed by atoms with Crippen molar-refractivity contribution in [1.82, 2.24) is 4.98 Å². The summed E-state index contributed by atoms with van der Waals surface area (Å²) in [5.74, 6) is -2.05. The van der Waals surface area contributed by atoms with Gasteiger partial charge in [-0.25, -0.2) is 9.59 Å². The van der Waals surface area contributed by atoms with Gasteiger partial charge in [-0.3, -0.25) is 0 Å². The highest BCUT2D eigenvalue weighted by molar-refractivity contribution is 5.94. The summed E-state index contributed by atoms with van der Waals surface area (Å²) in [6.07, 6.45) is 2.48. The summed E-state index contributed by atoms with van der Waals surface area (Å²) in [7, 11) is 0. The van der Waals surface area contributed by atoms with Crippen LogP contribution >= 0.6 is 0 Å². The molecule has 0 spiro atoms. The van der Waals surface area contributed by atoms with Crippen molar-refractivity contribution in [1.29, 1.82) is 0 Å². The van der Waals surface area contributed by atoms with Crippen LogP contribution in [0.15, 0.2) is 30.3 Å². The molecule has 0 saturated carbocycles. The van der Waals surface area contributed by atoms with Gasteiger partial charge >= 0.3 is 11.9 Å². The molecule has 0 aliphatic heterocycles. The number of H-pyrrole nitrogens is 1. The second-order valence-electron chi connectivity index (χ2n) is 3.51. The van der Waals surface area contributed by atoms with Gasteiger partial charge in [0.15, 0.2) is 0 Å². The van der Waals surface area contributed by atoms with Gasteiger partial charge in [-0.1, -0.05) is 12.1 Å². The molecule has 5 nitrogen and oxygen atoms in total. The molecule has 0 atom stereocenters. The van der Waals surface area contributed by atoms with Crippen molar-refractivity contribution in [2.24, 2.45) is 0 Å². The molecule has 5 heteroatoms. The van der Waals surface area contributed by atoms with Gasteiger partial charge in [-0.15, -0.1) is 0 Å². The minimum Gasteiger partial charge on any atom is -0.478 e. The summed E-state index contributed by atoms with van der Waals surface area (Å²) < 4.78 is 0. The van der Waals surface area contributed by atoms with E-state index in [0.29, 0.717) is 11.1 Å². The molecule has 0 fully saturated rings. The summed E-state index contributed by atoms with van der Waals surface area (Å²) in [6.45, 7) is 0. The van der Waals surface area contributed by atoms with Crippen molar-refractivity contribution < 1.29 is 19.8 Å². The number of rotatable bonds is 3. The molecule has 0 unspecified atom stereocenters. The Bertz CT molecular complexity index is 624. The van der Waals surface area contributed by atoms with Crippen LogP contribution in [0, 0.1) is 0 Å². The number of fused-ring (bicyclic) bond motifs is 1. The highest BCUT2D eigenvalue weighted by Crippen LogP contribution is 2.18. The zero-order chi connectivity index (χ0) is 12.4. The van der Waals surface area contributed by atoms with E-state index in [2.05, 4.69) is 4.98 Å². The number of aliphatic carboxylic acids is 1. The first kappa shape index (κ1) is 10.9. The van der Waals surface area contributed by atoms with E-state index in [1.807, 2.05) is 0 Å². The fourth-order valence-corrected chi connectivity index (χ4v) is 1.53. The molecule has 1 aromatic heterocycles. The standard InChI is InChI=1S/C12H9NO4/c14-11(15)4-2-7-1-3-8-6-10(12(16)17)13-9(8)5-7/h1-6,13H,(H,14,15)(H,16,17). The molecule has 2 rings (SSSR count). The lowest BCUT2D eigenvalue weighted by Crippen LogP contribution is -1.94. The second kappa shape index (κ2) is 4.13. The Hall–Kier alpha value is -2.56. The molecular weight excluding hydrogens is 222 g/mol. The number of aromatic nitrogens is 1. The van der Waals surface area contributed by atoms with Gasteiger partial charge in [0.1, 0.15) is 5.69 Å². The smallest absolute Gasteiger partial charge is 0.352 e. The zero-order valence-electron chi connectivity index (χ0n) is 8.68. The van der Waals surface area contributed by atoms with Crippen LogP contribution in [0.5, 0.6) is 0 Å². The van der Waals surface area contributed by atoms with Gasteiger partial charge in [0.25, 0.3) is 0 Å². The SMILES string of the molecule is O=C(O)C=Cc1ccc2cc(C(=O)O)[nH]c2c1. The minimum absolute atomic E-state index is 0.111. The predicted molar refractivity (Wildman–Crippen MR) is 61.9 cm³/mol. The van der Waals surface area contributed by atoms with Crippen LogP contribution in [0.1, 0.15) is 16.1 Å². The van der Waals surface area contributed by atoms with Crippen LogP contribution in [0.3, 0.4) is 0 Å². The average molecular weight is 231 g/mol. The van der Waals surface area contributed by atoms with E-state index in [1.165, 1.54) is 12.1 Å². The number of carbonyl (C=O) groups is 2. The second-order valence-corrected chi connectivity index (χ2v) is 3.51. The van der Waals surface area contributed by atoms with E-state index in [-0.39, 0.29) is 5.69 Å². The maximum absolute atomic E-state index is 10.7. The van der Waals surface area contributed by atoms with E-state index in [4.69, 9.17) is 10.2 Å². The Balaban J connectivity index is 2.43. The number of aromatic amines is 1. The third-order valence-electron chi connectivity index (χ3n) is 2.30. The molecule has 17 heavy (non-hydrogen) atoms. The summed E-state index contributed by atoms with van der Waals surface area (Å²) >= 11 is 0. The normalized spacial score (nSPS) is 11.1. The zero-order valence-corrected chi connectivity index (χ0v) is 8.68. The first-order chi connectivity index (χ1) is 8.06. The maximum Gasteiger partial charge on any atom is 0.352 e. The van der Waals surface area contributed by atoms with Crippen LogP contribution in [0.4, 0.5) is 0 Å². The number of benzene rings is 1. The molecular formula is C12H9NO4. The lowest BCUT2D eigenvalue weighted by Gasteiger charge is -1.93. The summed E-state index contributed by atoms with van der Waals surface area (Å²) in [5.41, 5.74) is 1.47. The van der Waals surface area contributed by atoms with Gasteiger partial charge in [-0.2, -0.15) is 0 Å². The molecule has 0 radical (unpaired) electrons. The Kier molecular flexibility index (Phi) is 2.66. The topological polar surface area (TPSA) is 90.4 Å². The lowest BCUT2D eigenvalue weighted by molar-refractivity contribution is -0.131. The van der Waals surface area contributed by atoms with Crippen molar-refractivity contribution in [3.05, 3.63) is 41.6 Å². The molecule has 0 bridgehead atoms. The van der Waals surface area contributed by atoms with Crippen molar-refractivity contribution >= 4 is 28.9 Å². The Labute approximate surface area is 96.0 Å². The number of nitrogens with one attached hydrogen (secondary N) is 1. The third kappa shape index (κ3) is 2.34. The number of hydrogen-bond donors (Lipinski definition) is 3. The fraction of sp³-hybridized carbons (Fsp3) is 0. The lowest BCUT2D eigenvalue weighted by atomic mass is 10.1. The van der Waals surface area contributed by atoms with E-state index in [9.17, 15) is 9.59 Å². The minimum atomic E-state index is -1.03. The largest absolute Gasteiger partial charge is 0.478 e. The Morgan fingerprint density at radius 3 is 2.59 bits per heavy atom. The highest BCUT2D eigenvalue weighted by Gasteiger charge is 2.06. The molecule has 0 aliphatic rings. The maximum atomic E-state index is 10.7. The number of hydrogen-bond acceptors (Lipinski definition) is 2. The Morgan fingerprint density at radius 2 is 1.94 bits per heavy atom. The molecule has 2 aromatic rings. The van der Waals surface area contributed by atoms with Crippen LogP contribution < -0.4 is 0 Å². The predicted octanol–water partition coefficient (Wildman–Crippen LogP) is 1.96. The van der Waals surface area contributed by atoms with Gasteiger partial charge in [0.2, 0.25) is 0 Å². The molecule has 86 valence electrons. The van der Waals surface area contributed by atoms with Crippen LogP contribution in [-0.4, -0.2) is 27.1 Å². The van der Waals surface area contributed by atoms with E-state index >= 15 is 0 Å². The number of aromatic carboxylic acids is 1. The van der Waals surface area contributed by atoms with Crippen molar-refractivity contribution in [3.63, 3.8) is 0 Å². The summed E-state index contributed by atoms with van der Waals surface area (Å²) in [4.78, 5) is 23.8. The first-order valence-electron chi connectivity index (χ1n) is 4.83. The van der Waals surface area contributed by atoms with Crippen LogP contribution in [0.2, 0.25) is 0 Å². The number of carboxylic acid groups (broad SMARTS) is 2. The fourth-order valence-electron chi connectivity index (χ4n) is 1.53. The summed E-state index contributed by atoms with van der Waals surface area (Å²) in [5, 5.41) is 18.1. The molecule has 1 aromatic carbocycles. The average Bonchev–Trinajstić information content (AvgIpc) is 2.69. The molecule has 3 N–H and O–H groups in total. The van der Waals surface area contributed by atoms with E-state index in [1.54, 1.807) is 18.2 Å². The monoisotopic (exact) mass is 231 g/mol. The van der Waals surface area contributed by atoms with E-state index in [0.717, 1.165) is 11.5 Å². The first-order valence-corrected chi connectivity index (χ1v) is 4.83. The van der Waals surface area contributed by atoms with Crippen LogP contribution in [-0.2, 0) is 4.79 Å². The molecule has 1 heterocycles. The van der Waals surface area contributed by atoms with E-state index < -0.39 is 11.9 Å². The molecule has 0 amide bonds. The number of carboxylic acids is 2. The van der Waals surface area contributed by atoms with Gasteiger partial charge in [0.05, 0.1) is 0 Å². The van der Waals surface area contributed by atoms with Crippen molar-refractivity contribution in [2.45, 2.75) is 0 Å². The van der Waals surface area contributed by atoms with Crippen molar-refractivity contribution in [3.8, 4) is 0 Å². The summed E-state index contributed by atoms with van der Waals surface area (Å²) in [6, 6.07) is 6.69. The quantitative estimate of drug-likeness (QED) is 0.704. The van der Waals surface area contributed by atoms with Gasteiger partial charge in [-0.05, 0) is 23.8 Å². The highest BCUT2D eigenvalue weighted by atomic mass is 16.4.